The van der Waals surface area contributed by atoms with Crippen LogP contribution in [0.15, 0.2) is 18.2 Å². The van der Waals surface area contributed by atoms with Crippen LogP contribution in [-0.4, -0.2) is 5.78 Å². The lowest BCUT2D eigenvalue weighted by molar-refractivity contribution is -0.118. The third-order valence-corrected chi connectivity index (χ3v) is 3.51. The molecule has 0 aliphatic heterocycles. The fourth-order valence-electron chi connectivity index (χ4n) is 1.78. The Bertz CT molecular complexity index is 419. The van der Waals surface area contributed by atoms with Crippen LogP contribution in [0, 0.1) is 5.41 Å². The quantitative estimate of drug-likeness (QED) is 0.716. The van der Waals surface area contributed by atoms with E-state index in [2.05, 4.69) is 20.8 Å². The number of halogens is 2. The highest BCUT2D eigenvalue weighted by atomic mass is 35.5. The largest absolute Gasteiger partial charge is 0.299 e. The molecule has 0 amide bonds. The molecular formula is C15H20Cl2O. The van der Waals surface area contributed by atoms with Crippen LogP contribution in [0.5, 0.6) is 0 Å². The van der Waals surface area contributed by atoms with E-state index in [1.807, 2.05) is 6.07 Å². The average Bonchev–Trinajstić information content (AvgIpc) is 2.21. The minimum Gasteiger partial charge on any atom is -0.299 e. The van der Waals surface area contributed by atoms with Crippen LogP contribution < -0.4 is 0 Å². The van der Waals surface area contributed by atoms with Crippen molar-refractivity contribution in [2.75, 3.05) is 0 Å². The second-order valence-corrected chi connectivity index (χ2v) is 6.69. The molecule has 1 aromatic rings. The normalized spacial score (nSPS) is 11.6. The summed E-state index contributed by atoms with van der Waals surface area (Å²) in [6.07, 6.45) is 3.10. The van der Waals surface area contributed by atoms with E-state index in [1.54, 1.807) is 12.1 Å². The summed E-state index contributed by atoms with van der Waals surface area (Å²) in [7, 11) is 0. The summed E-state index contributed by atoms with van der Waals surface area (Å²) in [5.74, 6) is 0.262. The van der Waals surface area contributed by atoms with Gasteiger partial charge in [-0.25, -0.2) is 0 Å². The molecule has 100 valence electrons. The monoisotopic (exact) mass is 286 g/mol. The smallest absolute Gasteiger partial charge is 0.137 e. The number of Topliss-reactive ketones (excluding diaryl/α,β-unsaturated/α-hetero) is 1. The number of hydrogen-bond donors (Lipinski definition) is 0. The van der Waals surface area contributed by atoms with E-state index in [9.17, 15) is 4.79 Å². The van der Waals surface area contributed by atoms with Crippen molar-refractivity contribution in [2.24, 2.45) is 5.41 Å². The van der Waals surface area contributed by atoms with E-state index in [0.717, 1.165) is 18.4 Å². The van der Waals surface area contributed by atoms with E-state index >= 15 is 0 Å². The van der Waals surface area contributed by atoms with Crippen LogP contribution in [0.4, 0.5) is 0 Å². The fourth-order valence-corrected chi connectivity index (χ4v) is 2.10. The van der Waals surface area contributed by atoms with Gasteiger partial charge < -0.3 is 0 Å². The number of rotatable bonds is 5. The van der Waals surface area contributed by atoms with Crippen LogP contribution >= 0.6 is 23.2 Å². The molecule has 0 spiro atoms. The first-order chi connectivity index (χ1) is 8.28. The Morgan fingerprint density at radius 3 is 2.39 bits per heavy atom. The number of hydrogen-bond acceptors (Lipinski definition) is 1. The van der Waals surface area contributed by atoms with E-state index in [0.29, 0.717) is 28.3 Å². The maximum Gasteiger partial charge on any atom is 0.137 e. The minimum absolute atomic E-state index is 0.262. The van der Waals surface area contributed by atoms with Gasteiger partial charge in [0.15, 0.2) is 0 Å². The first-order valence-electron chi connectivity index (χ1n) is 6.23. The van der Waals surface area contributed by atoms with Gasteiger partial charge in [-0.15, -0.1) is 0 Å². The second-order valence-electron chi connectivity index (χ2n) is 5.88. The molecule has 18 heavy (non-hydrogen) atoms. The summed E-state index contributed by atoms with van der Waals surface area (Å²) >= 11 is 11.8. The molecule has 0 aromatic heterocycles. The van der Waals surface area contributed by atoms with Crippen molar-refractivity contribution < 1.29 is 4.79 Å². The number of benzene rings is 1. The van der Waals surface area contributed by atoms with Gasteiger partial charge in [0.1, 0.15) is 5.78 Å². The molecule has 0 radical (unpaired) electrons. The van der Waals surface area contributed by atoms with E-state index in [4.69, 9.17) is 23.2 Å². The Labute approximate surface area is 119 Å². The van der Waals surface area contributed by atoms with Crippen molar-refractivity contribution >= 4 is 29.0 Å². The third-order valence-electron chi connectivity index (χ3n) is 2.77. The summed E-state index contributed by atoms with van der Waals surface area (Å²) in [5, 5.41) is 1.04. The summed E-state index contributed by atoms with van der Waals surface area (Å²) in [6, 6.07) is 5.36. The van der Waals surface area contributed by atoms with Gasteiger partial charge in [-0.2, -0.15) is 0 Å². The van der Waals surface area contributed by atoms with Gasteiger partial charge in [0.25, 0.3) is 0 Å². The molecule has 1 aromatic carbocycles. The highest BCUT2D eigenvalue weighted by molar-refractivity contribution is 6.42. The maximum absolute atomic E-state index is 11.8. The molecule has 0 aliphatic rings. The summed E-state index contributed by atoms with van der Waals surface area (Å²) in [6.45, 7) is 6.57. The van der Waals surface area contributed by atoms with E-state index in [-0.39, 0.29) is 5.78 Å². The van der Waals surface area contributed by atoms with Crippen molar-refractivity contribution in [1.82, 2.24) is 0 Å². The predicted molar refractivity (Wildman–Crippen MR) is 78.5 cm³/mol. The molecule has 0 fully saturated rings. The van der Waals surface area contributed by atoms with Crippen molar-refractivity contribution in [3.05, 3.63) is 33.8 Å². The summed E-state index contributed by atoms with van der Waals surface area (Å²) in [4.78, 5) is 11.8. The lowest BCUT2D eigenvalue weighted by atomic mass is 9.89. The van der Waals surface area contributed by atoms with Crippen LogP contribution in [0.3, 0.4) is 0 Å². The van der Waals surface area contributed by atoms with E-state index in [1.165, 1.54) is 0 Å². The fraction of sp³-hybridized carbons (Fsp3) is 0.533. The SMILES string of the molecule is CC(C)(C)CCCC(=O)Cc1ccc(Cl)c(Cl)c1. The number of carbonyl (C=O) groups excluding carboxylic acids is 1. The van der Waals surface area contributed by atoms with Gasteiger partial charge in [-0.3, -0.25) is 4.79 Å². The number of ketones is 1. The summed E-state index contributed by atoms with van der Waals surface area (Å²) < 4.78 is 0. The number of carbonyl (C=O) groups is 1. The first-order valence-corrected chi connectivity index (χ1v) is 6.99. The molecule has 0 unspecified atom stereocenters. The topological polar surface area (TPSA) is 17.1 Å². The zero-order valence-electron chi connectivity index (χ0n) is 11.2. The molecule has 0 aliphatic carbocycles. The standard InChI is InChI=1S/C15H20Cl2O/c1-15(2,3)8-4-5-12(18)9-11-6-7-13(16)14(17)10-11/h6-7,10H,4-5,8-9H2,1-3H3. The van der Waals surface area contributed by atoms with E-state index < -0.39 is 0 Å². The van der Waals surface area contributed by atoms with Gasteiger partial charge in [-0.1, -0.05) is 50.0 Å². The van der Waals surface area contributed by atoms with Gasteiger partial charge >= 0.3 is 0 Å². The van der Waals surface area contributed by atoms with Gasteiger partial charge in [0.2, 0.25) is 0 Å². The lowest BCUT2D eigenvalue weighted by Gasteiger charge is -2.17. The average molecular weight is 287 g/mol. The van der Waals surface area contributed by atoms with Crippen molar-refractivity contribution in [3.8, 4) is 0 Å². The highest BCUT2D eigenvalue weighted by Gasteiger charge is 2.11. The molecule has 0 saturated carbocycles. The Hall–Kier alpha value is -0.530. The van der Waals surface area contributed by atoms with Crippen LogP contribution in [0.25, 0.3) is 0 Å². The van der Waals surface area contributed by atoms with Gasteiger partial charge in [-0.05, 0) is 36.0 Å². The Kier molecular flexibility index (Phi) is 5.68. The van der Waals surface area contributed by atoms with Crippen LogP contribution in [0.2, 0.25) is 10.0 Å². The van der Waals surface area contributed by atoms with Gasteiger partial charge in [0.05, 0.1) is 10.0 Å². The molecule has 3 heteroatoms. The predicted octanol–water partition coefficient (Wildman–Crippen LogP) is 5.32. The Balaban J connectivity index is 2.42. The second kappa shape index (κ2) is 6.58. The Morgan fingerprint density at radius 1 is 1.17 bits per heavy atom. The zero-order chi connectivity index (χ0) is 13.8. The molecule has 0 bridgehead atoms. The molecule has 1 nitrogen and oxygen atoms in total. The molecule has 1 rings (SSSR count). The lowest BCUT2D eigenvalue weighted by Crippen LogP contribution is -2.08. The zero-order valence-corrected chi connectivity index (χ0v) is 12.7. The highest BCUT2D eigenvalue weighted by Crippen LogP contribution is 2.24. The third kappa shape index (κ3) is 5.88. The Morgan fingerprint density at radius 2 is 1.83 bits per heavy atom. The molecular weight excluding hydrogens is 267 g/mol. The van der Waals surface area contributed by atoms with Crippen molar-refractivity contribution in [1.29, 1.82) is 0 Å². The maximum atomic E-state index is 11.8. The van der Waals surface area contributed by atoms with Gasteiger partial charge in [0, 0.05) is 12.8 Å². The van der Waals surface area contributed by atoms with Crippen LogP contribution in [-0.2, 0) is 11.2 Å². The molecule has 0 N–H and O–H groups in total. The van der Waals surface area contributed by atoms with Crippen LogP contribution in [0.1, 0.15) is 45.6 Å². The molecule has 0 saturated heterocycles. The minimum atomic E-state index is 0.262. The molecule has 0 atom stereocenters. The molecule has 0 heterocycles. The van der Waals surface area contributed by atoms with Crippen molar-refractivity contribution in [3.63, 3.8) is 0 Å². The first kappa shape index (κ1) is 15.5. The van der Waals surface area contributed by atoms with Crippen molar-refractivity contribution in [2.45, 2.75) is 46.5 Å². The summed E-state index contributed by atoms with van der Waals surface area (Å²) in [5.41, 5.74) is 1.23.